The molecule has 0 saturated carbocycles. The van der Waals surface area contributed by atoms with Crippen LogP contribution in [0.25, 0.3) is 78.0 Å². The van der Waals surface area contributed by atoms with Crippen LogP contribution < -0.4 is 0 Å². The maximum absolute atomic E-state index is 6.11. The molecule has 0 aliphatic carbocycles. The van der Waals surface area contributed by atoms with E-state index in [1.165, 1.54) is 0 Å². The Labute approximate surface area is 242 Å². The third-order valence-corrected chi connectivity index (χ3v) is 8.25. The summed E-state index contributed by atoms with van der Waals surface area (Å²) in [5, 5.41) is 17.0. The van der Waals surface area contributed by atoms with Crippen molar-refractivity contribution < 1.29 is 4.42 Å². The van der Waals surface area contributed by atoms with E-state index in [0.29, 0.717) is 0 Å². The van der Waals surface area contributed by atoms with Crippen LogP contribution in [-0.2, 0) is 0 Å². The molecule has 0 fully saturated rings. The van der Waals surface area contributed by atoms with Gasteiger partial charge in [-0.1, -0.05) is 66.7 Å². The van der Waals surface area contributed by atoms with Crippen LogP contribution in [-0.4, -0.2) is 38.4 Å². The van der Waals surface area contributed by atoms with E-state index in [0.717, 1.165) is 78.0 Å². The van der Waals surface area contributed by atoms with E-state index >= 15 is 0 Å². The lowest BCUT2D eigenvalue weighted by Crippen LogP contribution is -2.07. The van der Waals surface area contributed by atoms with Gasteiger partial charge in [0, 0.05) is 28.0 Å². The number of aromatic nitrogens is 8. The van der Waals surface area contributed by atoms with Crippen LogP contribution >= 0.6 is 0 Å². The van der Waals surface area contributed by atoms with Gasteiger partial charge in [0.1, 0.15) is 23.2 Å². The molecule has 0 atom stereocenters. The molecule has 0 unspecified atom stereocenters. The zero-order valence-corrected chi connectivity index (χ0v) is 22.5. The van der Waals surface area contributed by atoms with Crippen LogP contribution in [0.2, 0.25) is 0 Å². The predicted octanol–water partition coefficient (Wildman–Crippen LogP) is 7.20. The number of nitrogens with zero attached hydrogens (tertiary/aromatic N) is 8. The van der Waals surface area contributed by atoms with Crippen molar-refractivity contribution in [2.24, 2.45) is 0 Å². The van der Waals surface area contributed by atoms with E-state index in [-0.39, 0.29) is 0 Å². The Hall–Kier alpha value is -6.22. The zero-order valence-electron chi connectivity index (χ0n) is 22.5. The maximum atomic E-state index is 6.11. The van der Waals surface area contributed by atoms with Crippen molar-refractivity contribution in [2.45, 2.75) is 0 Å². The second-order valence-electron chi connectivity index (χ2n) is 10.6. The highest BCUT2D eigenvalue weighted by atomic mass is 16.3. The summed E-state index contributed by atoms with van der Waals surface area (Å²) in [4.78, 5) is 4.65. The van der Waals surface area contributed by atoms with Crippen LogP contribution in [0.3, 0.4) is 0 Å². The molecule has 0 N–H and O–H groups in total. The molecule has 43 heavy (non-hydrogen) atoms. The number of furan rings is 1. The molecule has 0 radical (unpaired) electrons. The van der Waals surface area contributed by atoms with E-state index in [4.69, 9.17) is 19.7 Å². The molecule has 9 nitrogen and oxygen atoms in total. The molecule has 4 aromatic carbocycles. The van der Waals surface area contributed by atoms with Gasteiger partial charge in [0.15, 0.2) is 16.9 Å². The highest BCUT2D eigenvalue weighted by Gasteiger charge is 2.23. The summed E-state index contributed by atoms with van der Waals surface area (Å²) in [6.07, 6.45) is 5.62. The lowest BCUT2D eigenvalue weighted by Gasteiger charge is -2.08. The van der Waals surface area contributed by atoms with Gasteiger partial charge in [-0.25, -0.2) is 4.98 Å². The second kappa shape index (κ2) is 8.17. The van der Waals surface area contributed by atoms with Crippen molar-refractivity contribution in [3.63, 3.8) is 0 Å². The molecule has 0 saturated heterocycles. The first-order chi connectivity index (χ1) is 21.3. The summed E-state index contributed by atoms with van der Waals surface area (Å²) in [7, 11) is 0. The molecule has 6 aromatic heterocycles. The topological polar surface area (TPSA) is 82.9 Å². The van der Waals surface area contributed by atoms with Gasteiger partial charge < -0.3 is 4.42 Å². The fourth-order valence-electron chi connectivity index (χ4n) is 6.25. The first-order valence-corrected chi connectivity index (χ1v) is 14.0. The molecule has 6 heterocycles. The van der Waals surface area contributed by atoms with Crippen molar-refractivity contribution in [3.8, 4) is 28.1 Å². The van der Waals surface area contributed by atoms with Gasteiger partial charge in [-0.2, -0.15) is 28.8 Å². The largest absolute Gasteiger partial charge is 0.456 e. The summed E-state index contributed by atoms with van der Waals surface area (Å²) in [5.41, 5.74) is 10.8. The number of hydrogen-bond acceptors (Lipinski definition) is 5. The van der Waals surface area contributed by atoms with Gasteiger partial charge in [-0.3, -0.25) is 4.57 Å². The summed E-state index contributed by atoms with van der Waals surface area (Å²) in [5.74, 6) is 0. The van der Waals surface area contributed by atoms with E-state index in [2.05, 4.69) is 52.0 Å². The summed E-state index contributed by atoms with van der Waals surface area (Å²) >= 11 is 0. The standard InChI is InChI=1S/C34H20N8O/c1-2-8-21(9-3-1)27-17-32-40-33(25(18-36-40)22-14-15-31-24(16-22)23-10-4-7-13-30(23)43-31)42-34(41(32)38-27)29(19-37-42)39-20-35-26-11-5-6-12-28(26)39/h1-20H. The second-order valence-corrected chi connectivity index (χ2v) is 10.6. The lowest BCUT2D eigenvalue weighted by molar-refractivity contribution is 0.669. The van der Waals surface area contributed by atoms with Gasteiger partial charge in [0.2, 0.25) is 0 Å². The van der Waals surface area contributed by atoms with Crippen LogP contribution in [0.4, 0.5) is 0 Å². The summed E-state index contributed by atoms with van der Waals surface area (Å²) < 4.78 is 13.9. The molecule has 9 heteroatoms. The molecule has 0 amide bonds. The smallest absolute Gasteiger partial charge is 0.185 e. The third kappa shape index (κ3) is 3.05. The minimum Gasteiger partial charge on any atom is -0.456 e. The Kier molecular flexibility index (Phi) is 4.27. The van der Waals surface area contributed by atoms with Crippen LogP contribution in [0.5, 0.6) is 0 Å². The molecule has 202 valence electrons. The number of imidazole rings is 1. The van der Waals surface area contributed by atoms with Gasteiger partial charge in [0.25, 0.3) is 0 Å². The highest BCUT2D eigenvalue weighted by Crippen LogP contribution is 2.35. The van der Waals surface area contributed by atoms with E-state index in [1.54, 1.807) is 0 Å². The number of hydrogen-bond donors (Lipinski definition) is 0. The van der Waals surface area contributed by atoms with Crippen molar-refractivity contribution >= 4 is 49.9 Å². The Balaban J connectivity index is 1.31. The quantitative estimate of drug-likeness (QED) is 0.230. The molecule has 10 aromatic rings. The van der Waals surface area contributed by atoms with E-state index in [9.17, 15) is 0 Å². The number of fused-ring (bicyclic) bond motifs is 10. The van der Waals surface area contributed by atoms with Crippen LogP contribution in [0.1, 0.15) is 0 Å². The fraction of sp³-hybridized carbons (Fsp3) is 0. The Bertz CT molecular complexity index is 2690. The van der Waals surface area contributed by atoms with Crippen molar-refractivity contribution in [2.75, 3.05) is 0 Å². The lowest BCUT2D eigenvalue weighted by atomic mass is 10.1. The van der Waals surface area contributed by atoms with Gasteiger partial charge in [-0.05, 0) is 35.9 Å². The molecule has 0 bridgehead atoms. The normalized spacial score (nSPS) is 12.2. The van der Waals surface area contributed by atoms with Crippen molar-refractivity contribution in [1.29, 1.82) is 0 Å². The van der Waals surface area contributed by atoms with Crippen molar-refractivity contribution in [3.05, 3.63) is 122 Å². The Morgan fingerprint density at radius 3 is 2.37 bits per heavy atom. The van der Waals surface area contributed by atoms with Gasteiger partial charge in [0.05, 0.1) is 29.1 Å². The molecule has 10 rings (SSSR count). The first kappa shape index (κ1) is 22.5. The SMILES string of the molecule is c1ccc(-c2cc3n4ncc(-c5ccc6oc7ccccc7c6c5)c4n4ncc(-n5cnc6ccccc65)c4n3n2)cc1. The number of rotatable bonds is 3. The minimum atomic E-state index is 0.810. The zero-order chi connectivity index (χ0) is 28.1. The summed E-state index contributed by atoms with van der Waals surface area (Å²) in [6.45, 7) is 0. The number of para-hydroxylation sites is 3. The van der Waals surface area contributed by atoms with Gasteiger partial charge in [-0.15, -0.1) is 0 Å². The van der Waals surface area contributed by atoms with Gasteiger partial charge >= 0.3 is 0 Å². The first-order valence-electron chi connectivity index (χ1n) is 14.0. The number of benzene rings is 4. The third-order valence-electron chi connectivity index (χ3n) is 8.25. The van der Waals surface area contributed by atoms with E-state index in [1.807, 2.05) is 92.9 Å². The average molecular weight is 557 g/mol. The molecule has 0 aliphatic rings. The molecule has 0 spiro atoms. The van der Waals surface area contributed by atoms with Crippen LogP contribution in [0.15, 0.2) is 126 Å². The molecule has 0 aliphatic heterocycles. The average Bonchev–Trinajstić information content (AvgIpc) is 3.88. The maximum Gasteiger partial charge on any atom is 0.185 e. The summed E-state index contributed by atoms with van der Waals surface area (Å²) in [6, 6.07) is 34.8. The Morgan fingerprint density at radius 2 is 1.42 bits per heavy atom. The molecular weight excluding hydrogens is 536 g/mol. The van der Waals surface area contributed by atoms with Crippen LogP contribution in [0, 0.1) is 0 Å². The Morgan fingerprint density at radius 1 is 0.605 bits per heavy atom. The minimum absolute atomic E-state index is 0.810. The molecular formula is C34H20N8O. The monoisotopic (exact) mass is 556 g/mol. The van der Waals surface area contributed by atoms with E-state index < -0.39 is 0 Å². The fourth-order valence-corrected chi connectivity index (χ4v) is 6.25. The van der Waals surface area contributed by atoms with Crippen molar-refractivity contribution in [1.82, 2.24) is 38.4 Å². The highest BCUT2D eigenvalue weighted by molar-refractivity contribution is 6.06. The predicted molar refractivity (Wildman–Crippen MR) is 165 cm³/mol.